The summed E-state index contributed by atoms with van der Waals surface area (Å²) < 4.78 is 53.3. The Kier molecular flexibility index (Phi) is 5.44. The van der Waals surface area contributed by atoms with Crippen LogP contribution in [-0.2, 0) is 20.7 Å². The SMILES string of the molecule is CCOC(=O)Cc1c(C(=O)OCC)c(=O)c2cc(F)c(F)c(F)c2n1C1CC1. The molecular weight excluding hydrogens is 379 g/mol. The van der Waals surface area contributed by atoms with Crippen molar-refractivity contribution in [3.05, 3.63) is 45.0 Å². The molecule has 1 aromatic heterocycles. The standard InChI is InChI=1S/C19H18F3NO5/c1-3-27-13(24)8-12-14(19(26)28-4-2)18(25)10-7-11(20)15(21)16(22)17(10)23(12)9-5-6-9/h7,9H,3-6,8H2,1-2H3. The number of benzene rings is 1. The number of rotatable bonds is 6. The van der Waals surface area contributed by atoms with Gasteiger partial charge in [-0.25, -0.2) is 18.0 Å². The number of ether oxygens (including phenoxy) is 2. The van der Waals surface area contributed by atoms with Gasteiger partial charge < -0.3 is 14.0 Å². The van der Waals surface area contributed by atoms with Gasteiger partial charge in [-0.15, -0.1) is 0 Å². The van der Waals surface area contributed by atoms with E-state index in [9.17, 15) is 27.6 Å². The van der Waals surface area contributed by atoms with E-state index in [2.05, 4.69) is 0 Å². The topological polar surface area (TPSA) is 74.6 Å². The predicted octanol–water partition coefficient (Wildman–Crippen LogP) is 3.04. The molecule has 0 radical (unpaired) electrons. The van der Waals surface area contributed by atoms with E-state index in [-0.39, 0.29) is 24.9 Å². The molecule has 2 aromatic rings. The second kappa shape index (κ2) is 7.65. The Morgan fingerprint density at radius 2 is 1.75 bits per heavy atom. The first kappa shape index (κ1) is 19.9. The maximum absolute atomic E-state index is 14.6. The van der Waals surface area contributed by atoms with Gasteiger partial charge in [0, 0.05) is 11.7 Å². The molecule has 1 aliphatic carbocycles. The molecular formula is C19H18F3NO5. The summed E-state index contributed by atoms with van der Waals surface area (Å²) in [5.74, 6) is -6.58. The van der Waals surface area contributed by atoms with E-state index >= 15 is 0 Å². The molecule has 1 saturated carbocycles. The Labute approximate surface area is 157 Å². The molecule has 3 rings (SSSR count). The van der Waals surface area contributed by atoms with Crippen LogP contribution >= 0.6 is 0 Å². The molecule has 6 nitrogen and oxygen atoms in total. The van der Waals surface area contributed by atoms with Crippen LogP contribution in [0.15, 0.2) is 10.9 Å². The molecule has 0 unspecified atom stereocenters. The van der Waals surface area contributed by atoms with E-state index in [1.165, 1.54) is 11.5 Å². The van der Waals surface area contributed by atoms with E-state index in [0.29, 0.717) is 18.9 Å². The highest BCUT2D eigenvalue weighted by molar-refractivity contribution is 5.97. The Bertz CT molecular complexity index is 1030. The maximum Gasteiger partial charge on any atom is 0.343 e. The Morgan fingerprint density at radius 1 is 1.11 bits per heavy atom. The number of fused-ring (bicyclic) bond motifs is 1. The third-order valence-corrected chi connectivity index (χ3v) is 4.44. The predicted molar refractivity (Wildman–Crippen MR) is 92.6 cm³/mol. The van der Waals surface area contributed by atoms with E-state index < -0.39 is 57.7 Å². The molecule has 150 valence electrons. The number of halogens is 3. The zero-order chi connectivity index (χ0) is 20.6. The lowest BCUT2D eigenvalue weighted by molar-refractivity contribution is -0.142. The number of carbonyl (C=O) groups is 2. The highest BCUT2D eigenvalue weighted by Gasteiger charge is 2.35. The van der Waals surface area contributed by atoms with Crippen LogP contribution in [0.25, 0.3) is 10.9 Å². The quantitative estimate of drug-likeness (QED) is 0.553. The van der Waals surface area contributed by atoms with Gasteiger partial charge in [0.25, 0.3) is 0 Å². The summed E-state index contributed by atoms with van der Waals surface area (Å²) >= 11 is 0. The lowest BCUT2D eigenvalue weighted by atomic mass is 10.0. The molecule has 1 heterocycles. The monoisotopic (exact) mass is 397 g/mol. The summed E-state index contributed by atoms with van der Waals surface area (Å²) in [4.78, 5) is 37.4. The minimum atomic E-state index is -1.73. The van der Waals surface area contributed by atoms with Crippen molar-refractivity contribution in [1.29, 1.82) is 0 Å². The Hall–Kier alpha value is -2.84. The van der Waals surface area contributed by atoms with E-state index in [1.54, 1.807) is 6.92 Å². The molecule has 0 atom stereocenters. The maximum atomic E-state index is 14.6. The third kappa shape index (κ3) is 3.36. The van der Waals surface area contributed by atoms with Gasteiger partial charge in [0.05, 0.1) is 30.5 Å². The van der Waals surface area contributed by atoms with Crippen LogP contribution in [0.4, 0.5) is 13.2 Å². The lowest BCUT2D eigenvalue weighted by Gasteiger charge is -2.20. The molecule has 1 aliphatic rings. The van der Waals surface area contributed by atoms with Gasteiger partial charge in [0.2, 0.25) is 5.43 Å². The van der Waals surface area contributed by atoms with Crippen LogP contribution in [0.5, 0.6) is 0 Å². The van der Waals surface area contributed by atoms with Gasteiger partial charge in [0.1, 0.15) is 5.56 Å². The van der Waals surface area contributed by atoms with Crippen LogP contribution in [0.2, 0.25) is 0 Å². The first-order valence-corrected chi connectivity index (χ1v) is 8.89. The van der Waals surface area contributed by atoms with Crippen molar-refractivity contribution in [2.45, 2.75) is 39.2 Å². The first-order chi connectivity index (χ1) is 13.3. The molecule has 0 aliphatic heterocycles. The highest BCUT2D eigenvalue weighted by Crippen LogP contribution is 2.40. The summed E-state index contributed by atoms with van der Waals surface area (Å²) in [6.07, 6.45) is 0.616. The number of nitrogens with zero attached hydrogens (tertiary/aromatic N) is 1. The second-order valence-corrected chi connectivity index (χ2v) is 6.34. The second-order valence-electron chi connectivity index (χ2n) is 6.34. The van der Waals surface area contributed by atoms with Crippen LogP contribution in [-0.4, -0.2) is 29.7 Å². The van der Waals surface area contributed by atoms with Gasteiger partial charge in [-0.05, 0) is 32.8 Å². The van der Waals surface area contributed by atoms with Gasteiger partial charge >= 0.3 is 11.9 Å². The van der Waals surface area contributed by atoms with Gasteiger partial charge in [-0.1, -0.05) is 0 Å². The van der Waals surface area contributed by atoms with Crippen molar-refractivity contribution in [3.8, 4) is 0 Å². The fraction of sp³-hybridized carbons (Fsp3) is 0.421. The number of hydrogen-bond donors (Lipinski definition) is 0. The molecule has 0 N–H and O–H groups in total. The van der Waals surface area contributed by atoms with E-state index in [1.807, 2.05) is 0 Å². The van der Waals surface area contributed by atoms with E-state index in [4.69, 9.17) is 9.47 Å². The van der Waals surface area contributed by atoms with Crippen LogP contribution in [0.1, 0.15) is 48.8 Å². The zero-order valence-corrected chi connectivity index (χ0v) is 15.3. The normalized spacial score (nSPS) is 13.6. The summed E-state index contributed by atoms with van der Waals surface area (Å²) in [5.41, 5.74) is -2.12. The lowest BCUT2D eigenvalue weighted by Crippen LogP contribution is -2.28. The zero-order valence-electron chi connectivity index (χ0n) is 15.3. The van der Waals surface area contributed by atoms with Crippen molar-refractivity contribution in [1.82, 2.24) is 4.57 Å². The number of esters is 2. The number of pyridine rings is 1. The van der Waals surface area contributed by atoms with Crippen molar-refractivity contribution >= 4 is 22.8 Å². The smallest absolute Gasteiger partial charge is 0.343 e. The van der Waals surface area contributed by atoms with Crippen molar-refractivity contribution < 1.29 is 32.2 Å². The average molecular weight is 397 g/mol. The minimum absolute atomic E-state index is 0.0509. The highest BCUT2D eigenvalue weighted by atomic mass is 19.2. The number of hydrogen-bond acceptors (Lipinski definition) is 5. The average Bonchev–Trinajstić information content (AvgIpc) is 3.46. The molecule has 0 spiro atoms. The fourth-order valence-corrected chi connectivity index (χ4v) is 3.19. The molecule has 0 saturated heterocycles. The Morgan fingerprint density at radius 3 is 2.32 bits per heavy atom. The minimum Gasteiger partial charge on any atom is -0.466 e. The molecule has 0 amide bonds. The molecule has 28 heavy (non-hydrogen) atoms. The van der Waals surface area contributed by atoms with Crippen molar-refractivity contribution in [3.63, 3.8) is 0 Å². The van der Waals surface area contributed by atoms with Crippen LogP contribution in [0.3, 0.4) is 0 Å². The Balaban J connectivity index is 2.42. The summed E-state index contributed by atoms with van der Waals surface area (Å²) in [6, 6.07) is 0.200. The van der Waals surface area contributed by atoms with E-state index in [0.717, 1.165) is 0 Å². The third-order valence-electron chi connectivity index (χ3n) is 4.44. The number of aromatic nitrogens is 1. The molecule has 1 fully saturated rings. The summed E-state index contributed by atoms with van der Waals surface area (Å²) in [6.45, 7) is 3.11. The van der Waals surface area contributed by atoms with Gasteiger partial charge in [-0.2, -0.15) is 0 Å². The summed E-state index contributed by atoms with van der Waals surface area (Å²) in [5, 5.41) is -0.487. The molecule has 0 bridgehead atoms. The van der Waals surface area contributed by atoms with Crippen molar-refractivity contribution in [2.75, 3.05) is 13.2 Å². The molecule has 1 aromatic carbocycles. The van der Waals surface area contributed by atoms with Crippen LogP contribution < -0.4 is 5.43 Å². The number of carbonyl (C=O) groups excluding carboxylic acids is 2. The molecule has 9 heteroatoms. The summed E-state index contributed by atoms with van der Waals surface area (Å²) in [7, 11) is 0. The first-order valence-electron chi connectivity index (χ1n) is 8.89. The van der Waals surface area contributed by atoms with Gasteiger partial charge in [-0.3, -0.25) is 9.59 Å². The van der Waals surface area contributed by atoms with Gasteiger partial charge in [0.15, 0.2) is 17.5 Å². The largest absolute Gasteiger partial charge is 0.466 e. The fourth-order valence-electron chi connectivity index (χ4n) is 3.19. The van der Waals surface area contributed by atoms with Crippen LogP contribution in [0, 0.1) is 17.5 Å². The van der Waals surface area contributed by atoms with Crippen molar-refractivity contribution in [2.24, 2.45) is 0 Å².